The van der Waals surface area contributed by atoms with Crippen LogP contribution < -0.4 is 5.32 Å². The van der Waals surface area contributed by atoms with Crippen molar-refractivity contribution in [1.29, 1.82) is 0 Å². The normalized spacial score (nSPS) is 16.1. The van der Waals surface area contributed by atoms with Crippen LogP contribution in [-0.2, 0) is 14.8 Å². The minimum Gasteiger partial charge on any atom is -0.379 e. The van der Waals surface area contributed by atoms with Crippen LogP contribution in [0.1, 0.15) is 10.4 Å². The molecular formula is C14H16Cl2N2O4S. The molecule has 0 radical (unpaired) electrons. The Morgan fingerprint density at radius 3 is 2.57 bits per heavy atom. The highest BCUT2D eigenvalue weighted by Crippen LogP contribution is 2.31. The summed E-state index contributed by atoms with van der Waals surface area (Å²) in [5, 5.41) is 2.61. The molecule has 126 valence electrons. The number of morpholine rings is 1. The number of amides is 1. The van der Waals surface area contributed by atoms with Gasteiger partial charge in [-0.15, -0.1) is 6.58 Å². The zero-order chi connectivity index (χ0) is 17.0. The smallest absolute Gasteiger partial charge is 0.253 e. The topological polar surface area (TPSA) is 75.7 Å². The lowest BCUT2D eigenvalue weighted by Crippen LogP contribution is -2.40. The van der Waals surface area contributed by atoms with Crippen molar-refractivity contribution in [3.8, 4) is 0 Å². The van der Waals surface area contributed by atoms with Crippen LogP contribution in [-0.4, -0.2) is 51.5 Å². The van der Waals surface area contributed by atoms with Crippen LogP contribution in [0, 0.1) is 0 Å². The Hall–Kier alpha value is -1.12. The van der Waals surface area contributed by atoms with Crippen LogP contribution >= 0.6 is 23.2 Å². The maximum Gasteiger partial charge on any atom is 0.253 e. The molecule has 1 amide bonds. The van der Waals surface area contributed by atoms with Gasteiger partial charge >= 0.3 is 0 Å². The van der Waals surface area contributed by atoms with Crippen LogP contribution in [0.4, 0.5) is 0 Å². The second kappa shape index (κ2) is 7.63. The van der Waals surface area contributed by atoms with Gasteiger partial charge in [0.1, 0.15) is 4.90 Å². The van der Waals surface area contributed by atoms with E-state index in [2.05, 4.69) is 11.9 Å². The predicted molar refractivity (Wildman–Crippen MR) is 88.6 cm³/mol. The molecule has 0 aliphatic carbocycles. The van der Waals surface area contributed by atoms with Gasteiger partial charge in [-0.3, -0.25) is 4.79 Å². The van der Waals surface area contributed by atoms with E-state index in [-0.39, 0.29) is 40.1 Å². The monoisotopic (exact) mass is 378 g/mol. The summed E-state index contributed by atoms with van der Waals surface area (Å²) in [6, 6.07) is 2.47. The molecule has 2 rings (SSSR count). The van der Waals surface area contributed by atoms with Gasteiger partial charge in [-0.1, -0.05) is 29.3 Å². The fourth-order valence-electron chi connectivity index (χ4n) is 2.09. The van der Waals surface area contributed by atoms with E-state index >= 15 is 0 Å². The number of benzene rings is 1. The number of carbonyl (C=O) groups excluding carboxylic acids is 1. The van der Waals surface area contributed by atoms with Crippen molar-refractivity contribution >= 4 is 39.1 Å². The Kier molecular flexibility index (Phi) is 6.05. The molecule has 1 aliphatic heterocycles. The van der Waals surface area contributed by atoms with E-state index in [1.807, 2.05) is 0 Å². The molecule has 1 N–H and O–H groups in total. The number of nitrogens with one attached hydrogen (secondary N) is 1. The van der Waals surface area contributed by atoms with Gasteiger partial charge in [0.2, 0.25) is 10.0 Å². The molecule has 0 aromatic heterocycles. The first-order chi connectivity index (χ1) is 10.9. The lowest BCUT2D eigenvalue weighted by Gasteiger charge is -2.26. The Bertz CT molecular complexity index is 716. The SMILES string of the molecule is C=CCNC(=O)c1cc(S(=O)(=O)N2CCOCC2)c(Cl)cc1Cl. The summed E-state index contributed by atoms with van der Waals surface area (Å²) in [6.45, 7) is 4.84. The standard InChI is InChI=1S/C14H16Cl2N2O4S/c1-2-3-17-14(19)10-8-13(12(16)9-11(10)15)23(20,21)18-4-6-22-7-5-18/h2,8-9H,1,3-7H2,(H,17,19). The van der Waals surface area contributed by atoms with Gasteiger partial charge in [-0.25, -0.2) is 8.42 Å². The molecule has 9 heteroatoms. The van der Waals surface area contributed by atoms with E-state index in [0.717, 1.165) is 0 Å². The van der Waals surface area contributed by atoms with E-state index in [4.69, 9.17) is 27.9 Å². The highest BCUT2D eigenvalue weighted by atomic mass is 35.5. The van der Waals surface area contributed by atoms with Crippen LogP contribution in [0.25, 0.3) is 0 Å². The predicted octanol–water partition coefficient (Wildman–Crippen LogP) is 1.93. The molecule has 1 saturated heterocycles. The summed E-state index contributed by atoms with van der Waals surface area (Å²) in [5.41, 5.74) is 0.0461. The zero-order valence-electron chi connectivity index (χ0n) is 12.2. The highest BCUT2D eigenvalue weighted by molar-refractivity contribution is 7.89. The number of halogens is 2. The molecular weight excluding hydrogens is 363 g/mol. The van der Waals surface area contributed by atoms with Crippen LogP contribution in [0.3, 0.4) is 0 Å². The molecule has 0 unspecified atom stereocenters. The van der Waals surface area contributed by atoms with Crippen LogP contribution in [0.15, 0.2) is 29.7 Å². The van der Waals surface area contributed by atoms with Crippen molar-refractivity contribution in [3.05, 3.63) is 40.4 Å². The maximum atomic E-state index is 12.7. The third-order valence-electron chi connectivity index (χ3n) is 3.26. The number of ether oxygens (including phenoxy) is 1. The van der Waals surface area contributed by atoms with Crippen molar-refractivity contribution in [1.82, 2.24) is 9.62 Å². The maximum absolute atomic E-state index is 12.7. The molecule has 6 nitrogen and oxygen atoms in total. The fourth-order valence-corrected chi connectivity index (χ4v) is 4.33. The molecule has 0 bridgehead atoms. The molecule has 1 aliphatic rings. The van der Waals surface area contributed by atoms with Crippen molar-refractivity contribution in [2.75, 3.05) is 32.8 Å². The molecule has 0 atom stereocenters. The Morgan fingerprint density at radius 1 is 1.30 bits per heavy atom. The number of rotatable bonds is 5. The van der Waals surface area contributed by atoms with Crippen molar-refractivity contribution in [3.63, 3.8) is 0 Å². The number of sulfonamides is 1. The molecule has 1 aromatic rings. The van der Waals surface area contributed by atoms with Crippen molar-refractivity contribution in [2.24, 2.45) is 0 Å². The van der Waals surface area contributed by atoms with Gasteiger partial charge in [0.15, 0.2) is 0 Å². The largest absolute Gasteiger partial charge is 0.379 e. The molecule has 23 heavy (non-hydrogen) atoms. The summed E-state index contributed by atoms with van der Waals surface area (Å²) in [4.78, 5) is 11.9. The molecule has 1 heterocycles. The average Bonchev–Trinajstić information content (AvgIpc) is 2.53. The second-order valence-electron chi connectivity index (χ2n) is 4.78. The first kappa shape index (κ1) is 18.2. The van der Waals surface area contributed by atoms with E-state index < -0.39 is 15.9 Å². The third kappa shape index (κ3) is 4.05. The van der Waals surface area contributed by atoms with Gasteiger partial charge in [0.25, 0.3) is 5.91 Å². The van der Waals surface area contributed by atoms with Gasteiger partial charge < -0.3 is 10.1 Å². The Morgan fingerprint density at radius 2 is 1.96 bits per heavy atom. The first-order valence-electron chi connectivity index (χ1n) is 6.84. The number of carbonyl (C=O) groups is 1. The first-order valence-corrected chi connectivity index (χ1v) is 9.03. The Labute approximate surface area is 145 Å². The van der Waals surface area contributed by atoms with Crippen LogP contribution in [0.2, 0.25) is 10.0 Å². The van der Waals surface area contributed by atoms with Gasteiger partial charge in [-0.2, -0.15) is 4.31 Å². The van der Waals surface area contributed by atoms with E-state index in [1.54, 1.807) is 0 Å². The fraction of sp³-hybridized carbons (Fsp3) is 0.357. The number of hydrogen-bond acceptors (Lipinski definition) is 4. The summed E-state index contributed by atoms with van der Waals surface area (Å²) in [7, 11) is -3.82. The molecule has 0 spiro atoms. The van der Waals surface area contributed by atoms with Gasteiger partial charge in [-0.05, 0) is 12.1 Å². The lowest BCUT2D eigenvalue weighted by molar-refractivity contribution is 0.0730. The van der Waals surface area contributed by atoms with Gasteiger partial charge in [0, 0.05) is 19.6 Å². The summed E-state index contributed by atoms with van der Waals surface area (Å²) in [6.07, 6.45) is 1.51. The quantitative estimate of drug-likeness (QED) is 0.794. The van der Waals surface area contributed by atoms with Gasteiger partial charge in [0.05, 0.1) is 28.8 Å². The molecule has 1 aromatic carbocycles. The number of nitrogens with zero attached hydrogens (tertiary/aromatic N) is 1. The summed E-state index contributed by atoms with van der Waals surface area (Å²) >= 11 is 12.1. The average molecular weight is 379 g/mol. The summed E-state index contributed by atoms with van der Waals surface area (Å²) < 4.78 is 31.8. The third-order valence-corrected chi connectivity index (χ3v) is 5.94. The summed E-state index contributed by atoms with van der Waals surface area (Å²) in [5.74, 6) is -0.495. The highest BCUT2D eigenvalue weighted by Gasteiger charge is 2.30. The number of hydrogen-bond donors (Lipinski definition) is 1. The molecule has 1 fully saturated rings. The van der Waals surface area contributed by atoms with Crippen molar-refractivity contribution in [2.45, 2.75) is 4.90 Å². The Balaban J connectivity index is 2.41. The van der Waals surface area contributed by atoms with E-state index in [1.165, 1.54) is 22.5 Å². The molecule has 0 saturated carbocycles. The minimum absolute atomic E-state index is 0.0261. The van der Waals surface area contributed by atoms with Crippen LogP contribution in [0.5, 0.6) is 0 Å². The van der Waals surface area contributed by atoms with E-state index in [9.17, 15) is 13.2 Å². The second-order valence-corrected chi connectivity index (χ2v) is 7.50. The van der Waals surface area contributed by atoms with E-state index in [0.29, 0.717) is 13.2 Å². The van der Waals surface area contributed by atoms with Crippen molar-refractivity contribution < 1.29 is 17.9 Å². The minimum atomic E-state index is -3.82. The lowest BCUT2D eigenvalue weighted by atomic mass is 10.2. The zero-order valence-corrected chi connectivity index (χ0v) is 14.5.